The minimum Gasteiger partial charge on any atom is -0.268 e. The summed E-state index contributed by atoms with van der Waals surface area (Å²) in [6.45, 7) is 0. The van der Waals surface area contributed by atoms with Gasteiger partial charge in [0.1, 0.15) is 5.57 Å². The Kier molecular flexibility index (Phi) is 5.53. The van der Waals surface area contributed by atoms with Gasteiger partial charge < -0.3 is 0 Å². The molecule has 158 valence electrons. The van der Waals surface area contributed by atoms with E-state index in [4.69, 9.17) is 11.6 Å². The first-order valence-corrected chi connectivity index (χ1v) is 9.75. The van der Waals surface area contributed by atoms with Crippen LogP contribution in [0.4, 0.5) is 21.9 Å². The molecule has 1 heterocycles. The summed E-state index contributed by atoms with van der Waals surface area (Å²) in [5.41, 5.74) is 0.0273. The number of amides is 4. The van der Waals surface area contributed by atoms with Gasteiger partial charge in [0.25, 0.3) is 17.5 Å². The molecule has 32 heavy (non-hydrogen) atoms. The van der Waals surface area contributed by atoms with Crippen LogP contribution in [-0.4, -0.2) is 22.8 Å². The van der Waals surface area contributed by atoms with Crippen molar-refractivity contribution >= 4 is 52.6 Å². The van der Waals surface area contributed by atoms with E-state index >= 15 is 0 Å². The van der Waals surface area contributed by atoms with E-state index in [1.807, 2.05) is 0 Å². The highest BCUT2D eigenvalue weighted by molar-refractivity contribution is 6.46. The number of anilines is 2. The molecule has 0 aromatic heterocycles. The van der Waals surface area contributed by atoms with Gasteiger partial charge in [-0.15, -0.1) is 0 Å². The summed E-state index contributed by atoms with van der Waals surface area (Å²) in [5, 5.41) is 11.3. The highest BCUT2D eigenvalue weighted by atomic mass is 35.5. The standard InChI is InChI=1S/C23H14ClN3O5/c24-20-12-11-18(27(31)32)13-15(20)14-19-21(28)25(16-7-3-1-4-8-16)23(30)26(22(19)29)17-9-5-2-6-10-17/h1-14H. The van der Waals surface area contributed by atoms with Gasteiger partial charge in [0, 0.05) is 22.7 Å². The van der Waals surface area contributed by atoms with Gasteiger partial charge in [0.05, 0.1) is 16.3 Å². The number of nitro benzene ring substituents is 1. The van der Waals surface area contributed by atoms with Crippen molar-refractivity contribution in [2.24, 2.45) is 0 Å². The van der Waals surface area contributed by atoms with E-state index in [-0.39, 0.29) is 33.2 Å². The summed E-state index contributed by atoms with van der Waals surface area (Å²) in [5.74, 6) is -1.72. The highest BCUT2D eigenvalue weighted by Gasteiger charge is 2.43. The van der Waals surface area contributed by atoms with Crippen LogP contribution in [0.15, 0.2) is 84.4 Å². The van der Waals surface area contributed by atoms with Crippen LogP contribution in [-0.2, 0) is 9.59 Å². The maximum absolute atomic E-state index is 13.3. The fourth-order valence-corrected chi connectivity index (χ4v) is 3.42. The van der Waals surface area contributed by atoms with Crippen LogP contribution in [0.3, 0.4) is 0 Å². The number of urea groups is 1. The molecular formula is C23H14ClN3O5. The van der Waals surface area contributed by atoms with Gasteiger partial charge in [-0.2, -0.15) is 0 Å². The van der Waals surface area contributed by atoms with Crippen molar-refractivity contribution in [3.8, 4) is 0 Å². The molecule has 0 bridgehead atoms. The Bertz CT molecular complexity index is 1210. The van der Waals surface area contributed by atoms with Crippen molar-refractivity contribution in [3.63, 3.8) is 0 Å². The SMILES string of the molecule is O=C1C(=Cc2cc([N+](=O)[O-])ccc2Cl)C(=O)N(c2ccccc2)C(=O)N1c1ccccc1. The van der Waals surface area contributed by atoms with E-state index < -0.39 is 22.8 Å². The number of non-ortho nitro benzene ring substituents is 1. The summed E-state index contributed by atoms with van der Waals surface area (Å²) >= 11 is 6.17. The number of hydrogen-bond acceptors (Lipinski definition) is 5. The molecule has 0 spiro atoms. The molecule has 1 aliphatic heterocycles. The lowest BCUT2D eigenvalue weighted by molar-refractivity contribution is -0.384. The van der Waals surface area contributed by atoms with Crippen LogP contribution >= 0.6 is 11.6 Å². The molecule has 0 unspecified atom stereocenters. The van der Waals surface area contributed by atoms with E-state index in [9.17, 15) is 24.5 Å². The number of rotatable bonds is 4. The zero-order valence-electron chi connectivity index (χ0n) is 16.3. The predicted octanol–water partition coefficient (Wildman–Crippen LogP) is 4.83. The number of carbonyl (C=O) groups excluding carboxylic acids is 3. The average Bonchev–Trinajstić information content (AvgIpc) is 2.79. The fourth-order valence-electron chi connectivity index (χ4n) is 3.25. The Hall–Kier alpha value is -4.30. The maximum Gasteiger partial charge on any atom is 0.343 e. The Labute approximate surface area is 187 Å². The average molecular weight is 448 g/mol. The van der Waals surface area contributed by atoms with Gasteiger partial charge in [-0.1, -0.05) is 48.0 Å². The third kappa shape index (κ3) is 3.75. The molecule has 4 rings (SSSR count). The molecule has 1 fully saturated rings. The van der Waals surface area contributed by atoms with E-state index in [1.165, 1.54) is 18.2 Å². The van der Waals surface area contributed by atoms with E-state index in [0.29, 0.717) is 0 Å². The lowest BCUT2D eigenvalue weighted by atomic mass is 10.0. The van der Waals surface area contributed by atoms with Crippen LogP contribution in [0.1, 0.15) is 5.56 Å². The zero-order chi connectivity index (χ0) is 22.8. The molecule has 4 amide bonds. The number of para-hydroxylation sites is 2. The van der Waals surface area contributed by atoms with Crippen molar-refractivity contribution in [1.82, 2.24) is 0 Å². The summed E-state index contributed by atoms with van der Waals surface area (Å²) in [7, 11) is 0. The molecule has 9 heteroatoms. The van der Waals surface area contributed by atoms with Crippen LogP contribution in [0.25, 0.3) is 6.08 Å². The first-order chi connectivity index (χ1) is 15.4. The number of benzene rings is 3. The summed E-state index contributed by atoms with van der Waals surface area (Å²) in [6, 6.07) is 19.2. The van der Waals surface area contributed by atoms with E-state index in [1.54, 1.807) is 60.7 Å². The Morgan fingerprint density at radius 2 is 1.28 bits per heavy atom. The van der Waals surface area contributed by atoms with Crippen LogP contribution in [0.2, 0.25) is 5.02 Å². The van der Waals surface area contributed by atoms with Gasteiger partial charge in [-0.05, 0) is 36.4 Å². The summed E-state index contributed by atoms with van der Waals surface area (Å²) in [6.07, 6.45) is 1.16. The Morgan fingerprint density at radius 3 is 1.75 bits per heavy atom. The van der Waals surface area contributed by atoms with Crippen molar-refractivity contribution in [2.75, 3.05) is 9.80 Å². The zero-order valence-corrected chi connectivity index (χ0v) is 17.1. The molecular weight excluding hydrogens is 434 g/mol. The van der Waals surface area contributed by atoms with Gasteiger partial charge in [-0.3, -0.25) is 19.7 Å². The second-order valence-electron chi connectivity index (χ2n) is 6.76. The topological polar surface area (TPSA) is 101 Å². The second-order valence-corrected chi connectivity index (χ2v) is 7.16. The van der Waals surface area contributed by atoms with Crippen LogP contribution in [0, 0.1) is 10.1 Å². The minimum atomic E-state index is -0.860. The first-order valence-electron chi connectivity index (χ1n) is 9.37. The van der Waals surface area contributed by atoms with Crippen molar-refractivity contribution in [1.29, 1.82) is 0 Å². The molecule has 1 saturated heterocycles. The quantitative estimate of drug-likeness (QED) is 0.247. The molecule has 1 aliphatic rings. The molecule has 0 atom stereocenters. The Morgan fingerprint density at radius 1 is 0.781 bits per heavy atom. The molecule has 0 aliphatic carbocycles. The molecule has 3 aromatic carbocycles. The fraction of sp³-hybridized carbons (Fsp3) is 0. The van der Waals surface area contributed by atoms with Crippen LogP contribution in [0.5, 0.6) is 0 Å². The summed E-state index contributed by atoms with van der Waals surface area (Å²) in [4.78, 5) is 52.1. The van der Waals surface area contributed by atoms with Crippen molar-refractivity contribution in [3.05, 3.63) is 105 Å². The third-order valence-electron chi connectivity index (χ3n) is 4.77. The minimum absolute atomic E-state index is 0.105. The number of imide groups is 2. The molecule has 8 nitrogen and oxygen atoms in total. The van der Waals surface area contributed by atoms with Crippen molar-refractivity contribution < 1.29 is 19.3 Å². The van der Waals surface area contributed by atoms with Crippen molar-refractivity contribution in [2.45, 2.75) is 0 Å². The number of barbiturate groups is 1. The Balaban J connectivity index is 1.90. The maximum atomic E-state index is 13.3. The number of hydrogen-bond donors (Lipinski definition) is 0. The molecule has 0 radical (unpaired) electrons. The van der Waals surface area contributed by atoms with Crippen LogP contribution < -0.4 is 9.80 Å². The van der Waals surface area contributed by atoms with Gasteiger partial charge >= 0.3 is 6.03 Å². The lowest BCUT2D eigenvalue weighted by Gasteiger charge is -2.33. The smallest absolute Gasteiger partial charge is 0.268 e. The number of nitrogens with zero attached hydrogens (tertiary/aromatic N) is 3. The van der Waals surface area contributed by atoms with Gasteiger partial charge in [0.2, 0.25) is 0 Å². The third-order valence-corrected chi connectivity index (χ3v) is 5.11. The number of halogens is 1. The molecule has 0 N–H and O–H groups in total. The molecule has 3 aromatic rings. The number of nitro groups is 1. The lowest BCUT2D eigenvalue weighted by Crippen LogP contribution is -2.57. The van der Waals surface area contributed by atoms with Gasteiger partial charge in [-0.25, -0.2) is 14.6 Å². The second kappa shape index (κ2) is 8.44. The van der Waals surface area contributed by atoms with E-state index in [2.05, 4.69) is 0 Å². The number of carbonyl (C=O) groups is 3. The normalized spacial score (nSPS) is 14.0. The van der Waals surface area contributed by atoms with E-state index in [0.717, 1.165) is 15.9 Å². The van der Waals surface area contributed by atoms with Gasteiger partial charge in [0.15, 0.2) is 0 Å². The monoisotopic (exact) mass is 447 g/mol. The summed E-state index contributed by atoms with van der Waals surface area (Å²) < 4.78 is 0. The largest absolute Gasteiger partial charge is 0.343 e. The molecule has 0 saturated carbocycles. The predicted molar refractivity (Wildman–Crippen MR) is 119 cm³/mol. The first kappa shape index (κ1) is 21.0. The highest BCUT2D eigenvalue weighted by Crippen LogP contribution is 2.31.